The first-order valence-electron chi connectivity index (χ1n) is 9.71. The van der Waals surface area contributed by atoms with E-state index in [2.05, 4.69) is 46.0 Å². The van der Waals surface area contributed by atoms with E-state index in [4.69, 9.17) is 0 Å². The lowest BCUT2D eigenvalue weighted by atomic mass is 9.90. The Morgan fingerprint density at radius 2 is 1.54 bits per heavy atom. The van der Waals surface area contributed by atoms with Gasteiger partial charge in [0.15, 0.2) is 0 Å². The van der Waals surface area contributed by atoms with Crippen LogP contribution in [0.25, 0.3) is 0 Å². The van der Waals surface area contributed by atoms with Crippen LogP contribution in [0.3, 0.4) is 0 Å². The maximum atomic E-state index is 4.35. The van der Waals surface area contributed by atoms with Crippen molar-refractivity contribution in [3.63, 3.8) is 0 Å². The van der Waals surface area contributed by atoms with E-state index in [0.29, 0.717) is 0 Å². The standard InChI is InChI=1S/C15H25N5.C4H10/c1-16-13-3-5-14(6-4-13)19-9-11-20(12-10-19)15-17-7-2-8-18-15;1-3-4-2/h2,7-8,13-14,16H,3-6,9-12H2,1H3;3-4H2,1-2H3. The second-order valence-corrected chi connectivity index (χ2v) is 6.87. The molecule has 0 amide bonds. The average molecular weight is 334 g/mol. The van der Waals surface area contributed by atoms with E-state index in [0.717, 1.165) is 44.2 Å². The summed E-state index contributed by atoms with van der Waals surface area (Å²) in [6.07, 6.45) is 11.6. The third-order valence-electron chi connectivity index (χ3n) is 5.27. The maximum Gasteiger partial charge on any atom is 0.225 e. The summed E-state index contributed by atoms with van der Waals surface area (Å²) in [4.78, 5) is 13.7. The van der Waals surface area contributed by atoms with E-state index in [-0.39, 0.29) is 0 Å². The second-order valence-electron chi connectivity index (χ2n) is 6.87. The van der Waals surface area contributed by atoms with Crippen molar-refractivity contribution in [1.82, 2.24) is 20.2 Å². The van der Waals surface area contributed by atoms with Crippen molar-refractivity contribution in [2.24, 2.45) is 0 Å². The molecular weight excluding hydrogens is 298 g/mol. The molecule has 1 saturated heterocycles. The van der Waals surface area contributed by atoms with E-state index in [9.17, 15) is 0 Å². The van der Waals surface area contributed by atoms with Gasteiger partial charge in [0.2, 0.25) is 5.95 Å². The largest absolute Gasteiger partial charge is 0.338 e. The quantitative estimate of drug-likeness (QED) is 0.918. The maximum absolute atomic E-state index is 4.35. The summed E-state index contributed by atoms with van der Waals surface area (Å²) in [6, 6.07) is 3.41. The van der Waals surface area contributed by atoms with Gasteiger partial charge in [0.05, 0.1) is 0 Å². The Morgan fingerprint density at radius 1 is 0.958 bits per heavy atom. The number of aromatic nitrogens is 2. The minimum Gasteiger partial charge on any atom is -0.338 e. The Labute approximate surface area is 147 Å². The molecule has 0 unspecified atom stereocenters. The third-order valence-corrected chi connectivity index (χ3v) is 5.27. The number of hydrogen-bond donors (Lipinski definition) is 1. The lowest BCUT2D eigenvalue weighted by Gasteiger charge is -2.41. The summed E-state index contributed by atoms with van der Waals surface area (Å²) in [6.45, 7) is 8.76. The van der Waals surface area contributed by atoms with Gasteiger partial charge in [-0.05, 0) is 38.8 Å². The van der Waals surface area contributed by atoms with Crippen LogP contribution in [-0.2, 0) is 0 Å². The normalized spacial score (nSPS) is 25.0. The van der Waals surface area contributed by atoms with Crippen LogP contribution in [0.5, 0.6) is 0 Å². The van der Waals surface area contributed by atoms with E-state index in [1.54, 1.807) is 0 Å². The molecule has 3 rings (SSSR count). The van der Waals surface area contributed by atoms with Gasteiger partial charge in [0, 0.05) is 50.7 Å². The van der Waals surface area contributed by atoms with Gasteiger partial charge >= 0.3 is 0 Å². The Morgan fingerprint density at radius 3 is 2.04 bits per heavy atom. The molecule has 1 aromatic rings. The minimum absolute atomic E-state index is 0.741. The first-order chi connectivity index (χ1) is 11.8. The number of rotatable bonds is 4. The molecule has 1 aliphatic heterocycles. The number of nitrogens with zero attached hydrogens (tertiary/aromatic N) is 4. The fraction of sp³-hybridized carbons (Fsp3) is 0.789. The van der Waals surface area contributed by atoms with Crippen molar-refractivity contribution in [3.05, 3.63) is 18.5 Å². The van der Waals surface area contributed by atoms with Crippen LogP contribution >= 0.6 is 0 Å². The van der Waals surface area contributed by atoms with Crippen molar-refractivity contribution in [1.29, 1.82) is 0 Å². The highest BCUT2D eigenvalue weighted by Crippen LogP contribution is 2.24. The highest BCUT2D eigenvalue weighted by Gasteiger charge is 2.28. The number of unbranched alkanes of at least 4 members (excludes halogenated alkanes) is 1. The summed E-state index contributed by atoms with van der Waals surface area (Å²) < 4.78 is 0. The fourth-order valence-electron chi connectivity index (χ4n) is 3.47. The molecule has 1 aliphatic carbocycles. The van der Waals surface area contributed by atoms with Gasteiger partial charge in [-0.1, -0.05) is 26.7 Å². The Bertz CT molecular complexity index is 421. The molecule has 0 bridgehead atoms. The number of hydrogen-bond acceptors (Lipinski definition) is 5. The smallest absolute Gasteiger partial charge is 0.225 e. The molecule has 1 saturated carbocycles. The van der Waals surface area contributed by atoms with Gasteiger partial charge in [0.25, 0.3) is 0 Å². The van der Waals surface area contributed by atoms with E-state index in [1.807, 2.05) is 18.5 Å². The van der Waals surface area contributed by atoms with Gasteiger partial charge in [-0.3, -0.25) is 4.90 Å². The zero-order valence-electron chi connectivity index (χ0n) is 15.7. The monoisotopic (exact) mass is 333 g/mol. The molecule has 5 nitrogen and oxygen atoms in total. The predicted octanol–water partition coefficient (Wildman–Crippen LogP) is 2.94. The van der Waals surface area contributed by atoms with Gasteiger partial charge < -0.3 is 10.2 Å². The highest BCUT2D eigenvalue weighted by molar-refractivity contribution is 5.29. The molecule has 2 aliphatic rings. The summed E-state index contributed by atoms with van der Waals surface area (Å²) >= 11 is 0. The van der Waals surface area contributed by atoms with Gasteiger partial charge in [-0.25, -0.2) is 9.97 Å². The number of nitrogens with one attached hydrogen (secondary N) is 1. The minimum atomic E-state index is 0.741. The summed E-state index contributed by atoms with van der Waals surface area (Å²) in [5.41, 5.74) is 0. The van der Waals surface area contributed by atoms with Crippen molar-refractivity contribution in [2.45, 2.75) is 64.5 Å². The van der Waals surface area contributed by atoms with Crippen LogP contribution in [0, 0.1) is 0 Å². The zero-order chi connectivity index (χ0) is 17.2. The highest BCUT2D eigenvalue weighted by atomic mass is 15.3. The van der Waals surface area contributed by atoms with E-state index >= 15 is 0 Å². The van der Waals surface area contributed by atoms with Crippen LogP contribution in [0.2, 0.25) is 0 Å². The number of piperazine rings is 1. The van der Waals surface area contributed by atoms with Crippen LogP contribution in [0.1, 0.15) is 52.4 Å². The topological polar surface area (TPSA) is 44.3 Å². The van der Waals surface area contributed by atoms with Crippen LogP contribution in [0.4, 0.5) is 5.95 Å². The molecule has 0 radical (unpaired) electrons. The van der Waals surface area contributed by atoms with Crippen LogP contribution in [0.15, 0.2) is 18.5 Å². The zero-order valence-corrected chi connectivity index (χ0v) is 15.7. The Kier molecular flexibility index (Phi) is 8.47. The molecule has 0 aromatic carbocycles. The molecule has 0 atom stereocenters. The van der Waals surface area contributed by atoms with Crippen molar-refractivity contribution >= 4 is 5.95 Å². The summed E-state index contributed by atoms with van der Waals surface area (Å²) in [5.74, 6) is 0.881. The predicted molar refractivity (Wildman–Crippen MR) is 102 cm³/mol. The molecule has 0 spiro atoms. The Hall–Kier alpha value is -1.20. The van der Waals surface area contributed by atoms with Gasteiger partial charge in [-0.15, -0.1) is 0 Å². The molecule has 24 heavy (non-hydrogen) atoms. The van der Waals surface area contributed by atoms with E-state index < -0.39 is 0 Å². The lowest BCUT2D eigenvalue weighted by Crippen LogP contribution is -2.52. The van der Waals surface area contributed by atoms with Gasteiger partial charge in [0.1, 0.15) is 0 Å². The first-order valence-corrected chi connectivity index (χ1v) is 9.71. The Balaban J connectivity index is 0.000000471. The third kappa shape index (κ3) is 5.71. The van der Waals surface area contributed by atoms with Crippen molar-refractivity contribution in [3.8, 4) is 0 Å². The molecule has 5 heteroatoms. The average Bonchev–Trinajstić information content (AvgIpc) is 2.69. The number of anilines is 1. The molecular formula is C19H35N5. The fourth-order valence-corrected chi connectivity index (χ4v) is 3.47. The molecule has 2 heterocycles. The van der Waals surface area contributed by atoms with Crippen LogP contribution in [-0.4, -0.2) is 60.2 Å². The van der Waals surface area contributed by atoms with E-state index in [1.165, 1.54) is 38.5 Å². The molecule has 1 aromatic heterocycles. The first kappa shape index (κ1) is 19.1. The lowest BCUT2D eigenvalue weighted by molar-refractivity contribution is 0.137. The summed E-state index contributed by atoms with van der Waals surface area (Å²) in [5, 5.41) is 3.41. The molecule has 2 fully saturated rings. The van der Waals surface area contributed by atoms with Crippen molar-refractivity contribution in [2.75, 3.05) is 38.1 Å². The van der Waals surface area contributed by atoms with Crippen molar-refractivity contribution < 1.29 is 0 Å². The second kappa shape index (κ2) is 10.6. The molecule has 1 N–H and O–H groups in total. The van der Waals surface area contributed by atoms with Crippen LogP contribution < -0.4 is 10.2 Å². The SMILES string of the molecule is CCCC.CNC1CCC(N2CCN(c3ncccn3)CC2)CC1. The molecule has 136 valence electrons. The van der Waals surface area contributed by atoms with Gasteiger partial charge in [-0.2, -0.15) is 0 Å². The summed E-state index contributed by atoms with van der Waals surface area (Å²) in [7, 11) is 2.09.